The Bertz CT molecular complexity index is 779. The van der Waals surface area contributed by atoms with Gasteiger partial charge in [0.2, 0.25) is 0 Å². The van der Waals surface area contributed by atoms with Gasteiger partial charge in [-0.1, -0.05) is 54.6 Å². The van der Waals surface area contributed by atoms with Crippen LogP contribution in [0.5, 0.6) is 5.75 Å². The second-order valence-corrected chi connectivity index (χ2v) is 5.86. The van der Waals surface area contributed by atoms with Crippen LogP contribution in [0.1, 0.15) is 17.5 Å². The van der Waals surface area contributed by atoms with Gasteiger partial charge in [0.05, 0.1) is 0 Å². The summed E-state index contributed by atoms with van der Waals surface area (Å²) in [7, 11) is 0. The summed E-state index contributed by atoms with van der Waals surface area (Å²) in [6.07, 6.45) is 3.79. The molecule has 0 saturated heterocycles. The standard InChI is InChI=1S/C20H18O4/c21-14-16(22)9-6-12-20(13-15-7-2-1-3-8-15)17-10-4-5-11-18(17)24-19(20)23/h1-11,21H,12-14H2/b9-6+/t20-/m0/s1. The fourth-order valence-electron chi connectivity index (χ4n) is 3.08. The van der Waals surface area contributed by atoms with Crippen LogP contribution < -0.4 is 4.74 Å². The van der Waals surface area contributed by atoms with Gasteiger partial charge in [-0.15, -0.1) is 0 Å². The van der Waals surface area contributed by atoms with Crippen LogP contribution in [0.2, 0.25) is 0 Å². The first-order chi connectivity index (χ1) is 11.7. The molecule has 0 fully saturated rings. The molecule has 0 aromatic heterocycles. The molecule has 3 rings (SSSR count). The zero-order valence-corrected chi connectivity index (χ0v) is 13.1. The van der Waals surface area contributed by atoms with Crippen LogP contribution in [0.15, 0.2) is 66.7 Å². The number of fused-ring (bicyclic) bond motifs is 1. The topological polar surface area (TPSA) is 63.6 Å². The molecule has 122 valence electrons. The highest BCUT2D eigenvalue weighted by atomic mass is 16.5. The molecule has 4 nitrogen and oxygen atoms in total. The molecule has 0 radical (unpaired) electrons. The van der Waals surface area contributed by atoms with Crippen molar-refractivity contribution >= 4 is 11.8 Å². The Morgan fingerprint density at radius 3 is 2.54 bits per heavy atom. The van der Waals surface area contributed by atoms with Gasteiger partial charge in [0.15, 0.2) is 5.78 Å². The number of ketones is 1. The van der Waals surface area contributed by atoms with Gasteiger partial charge in [-0.05, 0) is 30.5 Å². The Morgan fingerprint density at radius 2 is 1.79 bits per heavy atom. The third kappa shape index (κ3) is 3.01. The lowest BCUT2D eigenvalue weighted by Gasteiger charge is -2.24. The van der Waals surface area contributed by atoms with E-state index in [9.17, 15) is 9.59 Å². The number of carbonyl (C=O) groups excluding carboxylic acids is 2. The zero-order chi connectivity index (χ0) is 17.0. The van der Waals surface area contributed by atoms with Crippen molar-refractivity contribution < 1.29 is 19.4 Å². The molecule has 1 aliphatic rings. The monoisotopic (exact) mass is 322 g/mol. The quantitative estimate of drug-likeness (QED) is 0.504. The molecule has 0 unspecified atom stereocenters. The molecular weight excluding hydrogens is 304 g/mol. The Hall–Kier alpha value is -2.72. The Labute approximate surface area is 140 Å². The van der Waals surface area contributed by atoms with Crippen LogP contribution >= 0.6 is 0 Å². The first-order valence-corrected chi connectivity index (χ1v) is 7.82. The van der Waals surface area contributed by atoms with E-state index >= 15 is 0 Å². The summed E-state index contributed by atoms with van der Waals surface area (Å²) in [4.78, 5) is 24.0. The molecule has 1 atom stereocenters. The number of para-hydroxylation sites is 1. The number of aliphatic hydroxyl groups excluding tert-OH is 1. The average molecular weight is 322 g/mol. The minimum Gasteiger partial charge on any atom is -0.426 e. The summed E-state index contributed by atoms with van der Waals surface area (Å²) in [6.45, 7) is -0.538. The smallest absolute Gasteiger partial charge is 0.322 e. The minimum atomic E-state index is -0.857. The van der Waals surface area contributed by atoms with Crippen molar-refractivity contribution in [2.24, 2.45) is 0 Å². The number of rotatable bonds is 6. The molecule has 0 saturated carbocycles. The lowest BCUT2D eigenvalue weighted by Crippen LogP contribution is -2.35. The number of aliphatic hydroxyl groups is 1. The van der Waals surface area contributed by atoms with Gasteiger partial charge in [0, 0.05) is 5.56 Å². The van der Waals surface area contributed by atoms with Crippen molar-refractivity contribution in [1.82, 2.24) is 0 Å². The Balaban J connectivity index is 2.00. The molecule has 0 bridgehead atoms. The number of carbonyl (C=O) groups is 2. The van der Waals surface area contributed by atoms with E-state index in [1.165, 1.54) is 6.08 Å². The number of ether oxygens (including phenoxy) is 1. The van der Waals surface area contributed by atoms with Gasteiger partial charge in [-0.3, -0.25) is 9.59 Å². The van der Waals surface area contributed by atoms with Crippen LogP contribution in [0.25, 0.3) is 0 Å². The molecule has 1 heterocycles. The van der Waals surface area contributed by atoms with Crippen molar-refractivity contribution in [1.29, 1.82) is 0 Å². The van der Waals surface area contributed by atoms with Crippen molar-refractivity contribution in [2.75, 3.05) is 6.61 Å². The van der Waals surface area contributed by atoms with Gasteiger partial charge in [-0.25, -0.2) is 0 Å². The Kier molecular flexibility index (Phi) is 4.58. The molecule has 0 amide bonds. The van der Waals surface area contributed by atoms with Crippen LogP contribution in [0, 0.1) is 0 Å². The van der Waals surface area contributed by atoms with E-state index in [4.69, 9.17) is 9.84 Å². The van der Waals surface area contributed by atoms with Gasteiger partial charge >= 0.3 is 5.97 Å². The third-order valence-corrected chi connectivity index (χ3v) is 4.27. The highest BCUT2D eigenvalue weighted by Gasteiger charge is 2.48. The zero-order valence-electron chi connectivity index (χ0n) is 13.1. The number of allylic oxidation sites excluding steroid dienone is 1. The summed E-state index contributed by atoms with van der Waals surface area (Å²) in [5.41, 5.74) is 0.998. The lowest BCUT2D eigenvalue weighted by molar-refractivity contribution is -0.138. The second kappa shape index (κ2) is 6.81. The van der Waals surface area contributed by atoms with Crippen LogP contribution in [-0.2, 0) is 21.4 Å². The van der Waals surface area contributed by atoms with Crippen LogP contribution in [0.4, 0.5) is 0 Å². The number of hydrogen-bond donors (Lipinski definition) is 1. The molecule has 2 aromatic rings. The maximum absolute atomic E-state index is 12.7. The fourth-order valence-corrected chi connectivity index (χ4v) is 3.08. The Morgan fingerprint density at radius 1 is 1.08 bits per heavy atom. The van der Waals surface area contributed by atoms with E-state index in [0.29, 0.717) is 18.6 Å². The number of benzene rings is 2. The van der Waals surface area contributed by atoms with Crippen molar-refractivity contribution in [3.63, 3.8) is 0 Å². The fraction of sp³-hybridized carbons (Fsp3) is 0.200. The third-order valence-electron chi connectivity index (χ3n) is 4.27. The molecule has 0 spiro atoms. The normalized spacial score (nSPS) is 19.3. The SMILES string of the molecule is O=C(/C=C/C[C@@]1(Cc2ccccc2)C(=O)Oc2ccccc21)CO. The maximum atomic E-state index is 12.7. The van der Waals surface area contributed by atoms with Crippen molar-refractivity contribution in [3.05, 3.63) is 77.9 Å². The molecular formula is C20H18O4. The molecule has 1 aliphatic heterocycles. The minimum absolute atomic E-state index is 0.311. The first kappa shape index (κ1) is 16.1. The van der Waals surface area contributed by atoms with E-state index < -0.39 is 12.0 Å². The van der Waals surface area contributed by atoms with Crippen LogP contribution in [-0.4, -0.2) is 23.5 Å². The van der Waals surface area contributed by atoms with Gasteiger partial charge in [0.1, 0.15) is 17.8 Å². The summed E-state index contributed by atoms with van der Waals surface area (Å²) in [6, 6.07) is 17.1. The van der Waals surface area contributed by atoms with E-state index in [1.807, 2.05) is 48.5 Å². The van der Waals surface area contributed by atoms with E-state index in [1.54, 1.807) is 12.1 Å². The highest BCUT2D eigenvalue weighted by molar-refractivity contribution is 5.92. The number of hydrogen-bond acceptors (Lipinski definition) is 4. The molecule has 4 heteroatoms. The molecule has 24 heavy (non-hydrogen) atoms. The summed E-state index contributed by atoms with van der Waals surface area (Å²) < 4.78 is 5.47. The predicted octanol–water partition coefficient (Wildman–Crippen LogP) is 2.59. The largest absolute Gasteiger partial charge is 0.426 e. The van der Waals surface area contributed by atoms with Gasteiger partial charge in [-0.2, -0.15) is 0 Å². The summed E-state index contributed by atoms with van der Waals surface area (Å²) in [5.74, 6) is -0.126. The van der Waals surface area contributed by atoms with E-state index in [0.717, 1.165) is 11.1 Å². The first-order valence-electron chi connectivity index (χ1n) is 7.82. The van der Waals surface area contributed by atoms with E-state index in [2.05, 4.69) is 0 Å². The van der Waals surface area contributed by atoms with E-state index in [-0.39, 0.29) is 11.8 Å². The lowest BCUT2D eigenvalue weighted by atomic mass is 9.74. The number of esters is 1. The summed E-state index contributed by atoms with van der Waals surface area (Å²) >= 11 is 0. The van der Waals surface area contributed by atoms with Crippen molar-refractivity contribution in [2.45, 2.75) is 18.3 Å². The molecule has 1 N–H and O–H groups in total. The highest BCUT2D eigenvalue weighted by Crippen LogP contribution is 2.44. The summed E-state index contributed by atoms with van der Waals surface area (Å²) in [5, 5.41) is 8.84. The molecule has 0 aliphatic carbocycles. The average Bonchev–Trinajstić information content (AvgIpc) is 2.88. The predicted molar refractivity (Wildman–Crippen MR) is 89.8 cm³/mol. The molecule has 2 aromatic carbocycles. The van der Waals surface area contributed by atoms with Gasteiger partial charge in [0.25, 0.3) is 0 Å². The van der Waals surface area contributed by atoms with Crippen LogP contribution in [0.3, 0.4) is 0 Å². The second-order valence-electron chi connectivity index (χ2n) is 5.86. The maximum Gasteiger partial charge on any atom is 0.322 e. The van der Waals surface area contributed by atoms with Crippen molar-refractivity contribution in [3.8, 4) is 5.75 Å². The van der Waals surface area contributed by atoms with Gasteiger partial charge < -0.3 is 9.84 Å².